The van der Waals surface area contributed by atoms with Crippen LogP contribution in [0.5, 0.6) is 0 Å². The molecule has 1 aliphatic heterocycles. The number of aromatic carboxylic acids is 1. The van der Waals surface area contributed by atoms with Crippen molar-refractivity contribution >= 4 is 11.9 Å². The van der Waals surface area contributed by atoms with Crippen LogP contribution in [-0.2, 0) is 0 Å². The van der Waals surface area contributed by atoms with Gasteiger partial charge >= 0.3 is 5.97 Å². The number of piperidine rings is 1. The summed E-state index contributed by atoms with van der Waals surface area (Å²) in [5.41, 5.74) is 0.326. The second-order valence-corrected chi connectivity index (χ2v) is 5.28. The Morgan fingerprint density at radius 3 is 3.00 bits per heavy atom. The molecular weight excluding hydrogens is 256 g/mol. The second kappa shape index (κ2) is 6.50. The molecule has 0 saturated carbocycles. The van der Waals surface area contributed by atoms with Crippen molar-refractivity contribution in [2.45, 2.75) is 32.6 Å². The van der Waals surface area contributed by atoms with Crippen LogP contribution >= 0.6 is 0 Å². The van der Waals surface area contributed by atoms with Crippen molar-refractivity contribution in [2.75, 3.05) is 13.1 Å². The Hall–Kier alpha value is -1.91. The lowest BCUT2D eigenvalue weighted by Gasteiger charge is -2.32. The molecule has 1 saturated heterocycles. The molecule has 5 nitrogen and oxygen atoms in total. The van der Waals surface area contributed by atoms with E-state index in [4.69, 9.17) is 5.11 Å². The van der Waals surface area contributed by atoms with Gasteiger partial charge in [0.1, 0.15) is 5.69 Å². The molecule has 2 rings (SSSR count). The summed E-state index contributed by atoms with van der Waals surface area (Å²) in [4.78, 5) is 29.1. The Balaban J connectivity index is 2.10. The molecule has 1 aromatic rings. The van der Waals surface area contributed by atoms with Gasteiger partial charge in [0, 0.05) is 19.3 Å². The van der Waals surface area contributed by atoms with E-state index < -0.39 is 5.97 Å². The zero-order chi connectivity index (χ0) is 14.5. The molecule has 1 N–H and O–H groups in total. The first-order valence-corrected chi connectivity index (χ1v) is 7.10. The summed E-state index contributed by atoms with van der Waals surface area (Å²) in [5, 5.41) is 8.96. The number of nitrogens with zero attached hydrogens (tertiary/aromatic N) is 2. The average molecular weight is 276 g/mol. The highest BCUT2D eigenvalue weighted by Crippen LogP contribution is 2.22. The highest BCUT2D eigenvalue weighted by molar-refractivity contribution is 5.95. The third-order valence-electron chi connectivity index (χ3n) is 3.73. The van der Waals surface area contributed by atoms with Gasteiger partial charge in [-0.15, -0.1) is 0 Å². The molecule has 1 aromatic heterocycles. The standard InChI is InChI=1S/C15H20N2O3/c1-2-4-11-5-3-8-17(10-11)14(18)13-9-12(15(19)20)6-7-16-13/h6-7,9,11H,2-5,8,10H2,1H3,(H,19,20). The molecular formula is C15H20N2O3. The fourth-order valence-electron chi connectivity index (χ4n) is 2.74. The first-order valence-electron chi connectivity index (χ1n) is 7.10. The number of pyridine rings is 1. The average Bonchev–Trinajstić information content (AvgIpc) is 2.47. The van der Waals surface area contributed by atoms with E-state index in [2.05, 4.69) is 11.9 Å². The molecule has 1 aliphatic rings. The summed E-state index contributed by atoms with van der Waals surface area (Å²) in [6, 6.07) is 2.75. The topological polar surface area (TPSA) is 70.5 Å². The molecule has 108 valence electrons. The first kappa shape index (κ1) is 14.5. The molecule has 2 heterocycles. The van der Waals surface area contributed by atoms with E-state index in [-0.39, 0.29) is 17.2 Å². The van der Waals surface area contributed by atoms with Crippen molar-refractivity contribution < 1.29 is 14.7 Å². The molecule has 20 heavy (non-hydrogen) atoms. The maximum absolute atomic E-state index is 12.4. The van der Waals surface area contributed by atoms with Crippen molar-refractivity contribution in [1.82, 2.24) is 9.88 Å². The number of carboxylic acid groups (broad SMARTS) is 1. The van der Waals surface area contributed by atoms with Crippen LogP contribution in [0.3, 0.4) is 0 Å². The Morgan fingerprint density at radius 1 is 1.50 bits per heavy atom. The molecule has 5 heteroatoms. The molecule has 1 unspecified atom stereocenters. The Bertz CT molecular complexity index is 500. The van der Waals surface area contributed by atoms with Gasteiger partial charge in [0.25, 0.3) is 5.91 Å². The van der Waals surface area contributed by atoms with Crippen LogP contribution in [0.4, 0.5) is 0 Å². The normalized spacial score (nSPS) is 18.9. The SMILES string of the molecule is CCCC1CCCN(C(=O)c2cc(C(=O)O)ccn2)C1. The quantitative estimate of drug-likeness (QED) is 0.917. The molecule has 0 spiro atoms. The van der Waals surface area contributed by atoms with E-state index in [1.165, 1.54) is 24.8 Å². The molecule has 1 fully saturated rings. The highest BCUT2D eigenvalue weighted by Gasteiger charge is 2.25. The molecule has 1 amide bonds. The lowest BCUT2D eigenvalue weighted by Crippen LogP contribution is -2.40. The van der Waals surface area contributed by atoms with Gasteiger partial charge in [0.05, 0.1) is 5.56 Å². The number of carbonyl (C=O) groups excluding carboxylic acids is 1. The van der Waals surface area contributed by atoms with E-state index in [0.29, 0.717) is 5.92 Å². The smallest absolute Gasteiger partial charge is 0.335 e. The summed E-state index contributed by atoms with van der Waals surface area (Å²) in [6.45, 7) is 3.64. The van der Waals surface area contributed by atoms with Gasteiger partial charge in [0.15, 0.2) is 0 Å². The summed E-state index contributed by atoms with van der Waals surface area (Å²) in [7, 11) is 0. The number of aromatic nitrogens is 1. The summed E-state index contributed by atoms with van der Waals surface area (Å²) >= 11 is 0. The van der Waals surface area contributed by atoms with E-state index in [1.54, 1.807) is 4.90 Å². The van der Waals surface area contributed by atoms with Gasteiger partial charge in [-0.05, 0) is 37.3 Å². The van der Waals surface area contributed by atoms with Crippen LogP contribution in [0.2, 0.25) is 0 Å². The van der Waals surface area contributed by atoms with Crippen molar-refractivity contribution in [2.24, 2.45) is 5.92 Å². The van der Waals surface area contributed by atoms with Crippen LogP contribution in [0, 0.1) is 5.92 Å². The van der Waals surface area contributed by atoms with Crippen LogP contribution in [-0.4, -0.2) is 40.0 Å². The predicted molar refractivity (Wildman–Crippen MR) is 74.7 cm³/mol. The van der Waals surface area contributed by atoms with Gasteiger partial charge in [-0.1, -0.05) is 13.3 Å². The fourth-order valence-corrected chi connectivity index (χ4v) is 2.74. The van der Waals surface area contributed by atoms with E-state index >= 15 is 0 Å². The number of amides is 1. The van der Waals surface area contributed by atoms with Crippen LogP contribution < -0.4 is 0 Å². The number of rotatable bonds is 4. The van der Waals surface area contributed by atoms with Gasteiger partial charge < -0.3 is 10.0 Å². The third kappa shape index (κ3) is 3.35. The summed E-state index contributed by atoms with van der Waals surface area (Å²) < 4.78 is 0. The Labute approximate surface area is 118 Å². The van der Waals surface area contributed by atoms with E-state index in [0.717, 1.165) is 32.4 Å². The maximum atomic E-state index is 12.4. The van der Waals surface area contributed by atoms with E-state index in [9.17, 15) is 9.59 Å². The second-order valence-electron chi connectivity index (χ2n) is 5.28. The van der Waals surface area contributed by atoms with Crippen molar-refractivity contribution in [1.29, 1.82) is 0 Å². The molecule has 0 bridgehead atoms. The van der Waals surface area contributed by atoms with Gasteiger partial charge in [0.2, 0.25) is 0 Å². The van der Waals surface area contributed by atoms with Crippen LogP contribution in [0.15, 0.2) is 18.3 Å². The number of carboxylic acids is 1. The minimum Gasteiger partial charge on any atom is -0.478 e. The van der Waals surface area contributed by atoms with Crippen molar-refractivity contribution in [3.63, 3.8) is 0 Å². The Kier molecular flexibility index (Phi) is 4.71. The molecule has 0 radical (unpaired) electrons. The lowest BCUT2D eigenvalue weighted by atomic mass is 9.93. The molecule has 0 aromatic carbocycles. The summed E-state index contributed by atoms with van der Waals surface area (Å²) in [6.07, 6.45) is 5.81. The molecule has 0 aliphatic carbocycles. The van der Waals surface area contributed by atoms with Gasteiger partial charge in [-0.2, -0.15) is 0 Å². The van der Waals surface area contributed by atoms with Crippen molar-refractivity contribution in [3.05, 3.63) is 29.6 Å². The van der Waals surface area contributed by atoms with Crippen molar-refractivity contribution in [3.8, 4) is 0 Å². The lowest BCUT2D eigenvalue weighted by molar-refractivity contribution is 0.0661. The van der Waals surface area contributed by atoms with Crippen LogP contribution in [0.1, 0.15) is 53.5 Å². The largest absolute Gasteiger partial charge is 0.478 e. The van der Waals surface area contributed by atoms with E-state index in [1.807, 2.05) is 0 Å². The maximum Gasteiger partial charge on any atom is 0.335 e. The number of hydrogen-bond donors (Lipinski definition) is 1. The fraction of sp³-hybridized carbons (Fsp3) is 0.533. The third-order valence-corrected chi connectivity index (χ3v) is 3.73. The van der Waals surface area contributed by atoms with Crippen LogP contribution in [0.25, 0.3) is 0 Å². The Morgan fingerprint density at radius 2 is 2.30 bits per heavy atom. The number of hydrogen-bond acceptors (Lipinski definition) is 3. The highest BCUT2D eigenvalue weighted by atomic mass is 16.4. The summed E-state index contributed by atoms with van der Waals surface area (Å²) in [5.74, 6) is -0.641. The zero-order valence-corrected chi connectivity index (χ0v) is 11.7. The number of likely N-dealkylation sites (tertiary alicyclic amines) is 1. The minimum atomic E-state index is -1.04. The first-order chi connectivity index (χ1) is 9.61. The zero-order valence-electron chi connectivity index (χ0n) is 11.7. The minimum absolute atomic E-state index is 0.102. The van der Waals surface area contributed by atoms with Gasteiger partial charge in [-0.25, -0.2) is 4.79 Å². The number of carbonyl (C=O) groups is 2. The van der Waals surface area contributed by atoms with Gasteiger partial charge in [-0.3, -0.25) is 9.78 Å². The molecule has 1 atom stereocenters. The predicted octanol–water partition coefficient (Wildman–Crippen LogP) is 2.43. The monoisotopic (exact) mass is 276 g/mol.